The van der Waals surface area contributed by atoms with Crippen LogP contribution in [0, 0.1) is 6.92 Å². The van der Waals surface area contributed by atoms with Crippen molar-refractivity contribution in [2.75, 3.05) is 0 Å². The Balaban J connectivity index is 2.85. The van der Waals surface area contributed by atoms with E-state index < -0.39 is 0 Å². The molecule has 0 saturated heterocycles. The molecule has 1 aromatic carbocycles. The SMILES string of the molecule is Cc1cccc2c1cc(C(C)(C)N)n2C(C)C. The summed E-state index contributed by atoms with van der Waals surface area (Å²) in [6, 6.07) is 9.11. The van der Waals surface area contributed by atoms with Crippen molar-refractivity contribution in [2.24, 2.45) is 5.73 Å². The van der Waals surface area contributed by atoms with Crippen LogP contribution >= 0.6 is 0 Å². The van der Waals surface area contributed by atoms with Gasteiger partial charge in [-0.25, -0.2) is 0 Å². The van der Waals surface area contributed by atoms with Gasteiger partial charge in [-0.05, 0) is 52.3 Å². The molecule has 1 heterocycles. The molecule has 0 fully saturated rings. The Kier molecular flexibility index (Phi) is 2.78. The van der Waals surface area contributed by atoms with Crippen LogP contribution in [0.5, 0.6) is 0 Å². The number of rotatable bonds is 2. The second-order valence-electron chi connectivity index (χ2n) is 5.72. The molecule has 0 atom stereocenters. The third kappa shape index (κ3) is 1.98. The fraction of sp³-hybridized carbons (Fsp3) is 0.467. The maximum atomic E-state index is 6.29. The van der Waals surface area contributed by atoms with E-state index in [-0.39, 0.29) is 5.54 Å². The first-order chi connectivity index (χ1) is 7.82. The van der Waals surface area contributed by atoms with E-state index in [0.29, 0.717) is 6.04 Å². The lowest BCUT2D eigenvalue weighted by Gasteiger charge is -2.24. The van der Waals surface area contributed by atoms with Crippen LogP contribution in [0.15, 0.2) is 24.3 Å². The van der Waals surface area contributed by atoms with E-state index in [1.54, 1.807) is 0 Å². The van der Waals surface area contributed by atoms with Gasteiger partial charge >= 0.3 is 0 Å². The van der Waals surface area contributed by atoms with Gasteiger partial charge in [0.25, 0.3) is 0 Å². The Morgan fingerprint density at radius 3 is 2.41 bits per heavy atom. The second-order valence-corrected chi connectivity index (χ2v) is 5.72. The molecule has 2 aromatic rings. The van der Waals surface area contributed by atoms with E-state index in [0.717, 1.165) is 0 Å². The molecule has 0 bridgehead atoms. The highest BCUT2D eigenvalue weighted by molar-refractivity contribution is 5.85. The summed E-state index contributed by atoms with van der Waals surface area (Å²) in [5.41, 5.74) is 9.78. The zero-order valence-electron chi connectivity index (χ0n) is 11.4. The lowest BCUT2D eigenvalue weighted by molar-refractivity contribution is 0.474. The molecule has 2 nitrogen and oxygen atoms in total. The minimum atomic E-state index is -0.310. The lowest BCUT2D eigenvalue weighted by atomic mass is 10.0. The van der Waals surface area contributed by atoms with Gasteiger partial charge in [0, 0.05) is 22.6 Å². The minimum Gasteiger partial charge on any atom is -0.340 e. The van der Waals surface area contributed by atoms with E-state index in [4.69, 9.17) is 5.73 Å². The van der Waals surface area contributed by atoms with Crippen molar-refractivity contribution in [1.29, 1.82) is 0 Å². The summed E-state index contributed by atoms with van der Waals surface area (Å²) < 4.78 is 2.35. The van der Waals surface area contributed by atoms with E-state index in [2.05, 4.69) is 63.5 Å². The van der Waals surface area contributed by atoms with Crippen molar-refractivity contribution >= 4 is 10.9 Å². The highest BCUT2D eigenvalue weighted by Crippen LogP contribution is 2.31. The molecule has 0 amide bonds. The van der Waals surface area contributed by atoms with Crippen LogP contribution in [0.3, 0.4) is 0 Å². The number of hydrogen-bond acceptors (Lipinski definition) is 1. The zero-order valence-corrected chi connectivity index (χ0v) is 11.4. The van der Waals surface area contributed by atoms with Crippen molar-refractivity contribution in [3.8, 4) is 0 Å². The molecule has 0 aliphatic carbocycles. The van der Waals surface area contributed by atoms with E-state index in [1.165, 1.54) is 22.2 Å². The Morgan fingerprint density at radius 2 is 1.88 bits per heavy atom. The third-order valence-electron chi connectivity index (χ3n) is 3.28. The predicted molar refractivity (Wildman–Crippen MR) is 74.3 cm³/mol. The van der Waals surface area contributed by atoms with Gasteiger partial charge in [-0.1, -0.05) is 12.1 Å². The van der Waals surface area contributed by atoms with Crippen LogP contribution < -0.4 is 5.73 Å². The maximum Gasteiger partial charge on any atom is 0.0506 e. The molecular weight excluding hydrogens is 208 g/mol. The molecule has 2 heteroatoms. The Bertz CT molecular complexity index is 542. The summed E-state index contributed by atoms with van der Waals surface area (Å²) in [5.74, 6) is 0. The lowest BCUT2D eigenvalue weighted by Crippen LogP contribution is -2.32. The molecular formula is C15H22N2. The van der Waals surface area contributed by atoms with Crippen LogP contribution in [0.1, 0.15) is 45.0 Å². The molecule has 0 saturated carbocycles. The van der Waals surface area contributed by atoms with Crippen LogP contribution in [-0.2, 0) is 5.54 Å². The monoisotopic (exact) mass is 230 g/mol. The Hall–Kier alpha value is -1.28. The van der Waals surface area contributed by atoms with Gasteiger partial charge in [-0.15, -0.1) is 0 Å². The molecule has 0 aliphatic heterocycles. The fourth-order valence-corrected chi connectivity index (χ4v) is 2.45. The number of aromatic nitrogens is 1. The first-order valence-electron chi connectivity index (χ1n) is 6.22. The largest absolute Gasteiger partial charge is 0.340 e. The molecule has 0 spiro atoms. The Labute approximate surface area is 103 Å². The summed E-state index contributed by atoms with van der Waals surface area (Å²) in [5, 5.41) is 1.31. The smallest absolute Gasteiger partial charge is 0.0506 e. The molecule has 0 aliphatic rings. The summed E-state index contributed by atoms with van der Waals surface area (Å²) in [7, 11) is 0. The van der Waals surface area contributed by atoms with E-state index in [9.17, 15) is 0 Å². The number of hydrogen-bond donors (Lipinski definition) is 1. The molecule has 92 valence electrons. The van der Waals surface area contributed by atoms with Crippen molar-refractivity contribution in [3.05, 3.63) is 35.5 Å². The number of nitrogens with two attached hydrogens (primary N) is 1. The normalized spacial score (nSPS) is 12.6. The molecule has 2 rings (SSSR count). The number of fused-ring (bicyclic) bond motifs is 1. The molecule has 1 aromatic heterocycles. The Morgan fingerprint density at radius 1 is 1.24 bits per heavy atom. The summed E-state index contributed by atoms with van der Waals surface area (Å²) in [4.78, 5) is 0. The summed E-state index contributed by atoms with van der Waals surface area (Å²) in [6.45, 7) is 10.7. The highest BCUT2D eigenvalue weighted by atomic mass is 15.0. The first-order valence-corrected chi connectivity index (χ1v) is 6.22. The topological polar surface area (TPSA) is 30.9 Å². The average molecular weight is 230 g/mol. The first kappa shape index (κ1) is 12.2. The van der Waals surface area contributed by atoms with Gasteiger partial charge in [-0.3, -0.25) is 0 Å². The standard InChI is InChI=1S/C15H22N2/c1-10(2)17-13-8-6-7-11(3)12(13)9-14(17)15(4,5)16/h6-10H,16H2,1-5H3. The summed E-state index contributed by atoms with van der Waals surface area (Å²) >= 11 is 0. The number of benzene rings is 1. The van der Waals surface area contributed by atoms with Crippen LogP contribution in [0.2, 0.25) is 0 Å². The highest BCUT2D eigenvalue weighted by Gasteiger charge is 2.22. The van der Waals surface area contributed by atoms with Gasteiger partial charge in [-0.2, -0.15) is 0 Å². The van der Waals surface area contributed by atoms with Gasteiger partial charge in [0.15, 0.2) is 0 Å². The van der Waals surface area contributed by atoms with Crippen molar-refractivity contribution in [3.63, 3.8) is 0 Å². The summed E-state index contributed by atoms with van der Waals surface area (Å²) in [6.07, 6.45) is 0. The van der Waals surface area contributed by atoms with Crippen molar-refractivity contribution in [1.82, 2.24) is 4.57 Å². The third-order valence-corrected chi connectivity index (χ3v) is 3.28. The minimum absolute atomic E-state index is 0.310. The number of aryl methyl sites for hydroxylation is 1. The van der Waals surface area contributed by atoms with E-state index >= 15 is 0 Å². The predicted octanol–water partition coefficient (Wildman–Crippen LogP) is 3.72. The van der Waals surface area contributed by atoms with Gasteiger partial charge in [0.2, 0.25) is 0 Å². The molecule has 0 unspecified atom stereocenters. The van der Waals surface area contributed by atoms with Crippen LogP contribution in [-0.4, -0.2) is 4.57 Å². The van der Waals surface area contributed by atoms with Gasteiger partial charge in [0.05, 0.1) is 5.54 Å². The van der Waals surface area contributed by atoms with Crippen molar-refractivity contribution in [2.45, 2.75) is 46.2 Å². The molecule has 2 N–H and O–H groups in total. The zero-order chi connectivity index (χ0) is 12.8. The number of nitrogens with zero attached hydrogens (tertiary/aromatic N) is 1. The van der Waals surface area contributed by atoms with Gasteiger partial charge in [0.1, 0.15) is 0 Å². The van der Waals surface area contributed by atoms with Crippen LogP contribution in [0.4, 0.5) is 0 Å². The fourth-order valence-electron chi connectivity index (χ4n) is 2.45. The molecule has 17 heavy (non-hydrogen) atoms. The van der Waals surface area contributed by atoms with Crippen molar-refractivity contribution < 1.29 is 0 Å². The quantitative estimate of drug-likeness (QED) is 0.837. The van der Waals surface area contributed by atoms with Crippen LogP contribution in [0.25, 0.3) is 10.9 Å². The maximum absolute atomic E-state index is 6.29. The van der Waals surface area contributed by atoms with Gasteiger partial charge < -0.3 is 10.3 Å². The van der Waals surface area contributed by atoms with E-state index in [1.807, 2.05) is 0 Å². The average Bonchev–Trinajstić information content (AvgIpc) is 2.57. The second kappa shape index (κ2) is 3.88. The molecule has 0 radical (unpaired) electrons.